The van der Waals surface area contributed by atoms with E-state index in [1.807, 2.05) is 72.9 Å². The van der Waals surface area contributed by atoms with E-state index in [-0.39, 0.29) is 0 Å². The summed E-state index contributed by atoms with van der Waals surface area (Å²) >= 11 is 12.5. The van der Waals surface area contributed by atoms with Crippen LogP contribution in [0.1, 0.15) is 16.7 Å². The Labute approximate surface area is 239 Å². The van der Waals surface area contributed by atoms with Crippen LogP contribution >= 0.6 is 23.2 Å². The minimum Gasteiger partial charge on any atom is -0.362 e. The number of hydrogen-bond donors (Lipinski definition) is 0. The summed E-state index contributed by atoms with van der Waals surface area (Å²) in [6, 6.07) is 30.3. The maximum Gasteiger partial charge on any atom is 0.281 e. The van der Waals surface area contributed by atoms with E-state index in [1.165, 1.54) is 11.1 Å². The fourth-order valence-electron chi connectivity index (χ4n) is 4.86. The predicted octanol–water partition coefficient (Wildman–Crippen LogP) is 6.38. The largest absolute Gasteiger partial charge is 0.362 e. The number of amides is 1. The van der Waals surface area contributed by atoms with E-state index in [0.717, 1.165) is 17.7 Å². The second kappa shape index (κ2) is 12.5. The lowest BCUT2D eigenvalue weighted by Gasteiger charge is -2.40. The van der Waals surface area contributed by atoms with Crippen molar-refractivity contribution in [3.8, 4) is 5.88 Å². The van der Waals surface area contributed by atoms with Crippen molar-refractivity contribution in [1.82, 2.24) is 9.88 Å². The minimum atomic E-state index is 0.387. The lowest BCUT2D eigenvalue weighted by Crippen LogP contribution is -2.60. The maximum atomic E-state index is 11.3. The SMILES string of the molecule is O=CN1CC[N+](Cc2ccccc2)(Oc2ccc(N(Cc3ccccc3)Cc3ccc(Cl)c(Cl)c3)cn2)CC1. The zero-order valence-electron chi connectivity index (χ0n) is 21.6. The molecule has 1 saturated heterocycles. The van der Waals surface area contributed by atoms with E-state index >= 15 is 0 Å². The van der Waals surface area contributed by atoms with Crippen molar-refractivity contribution in [3.05, 3.63) is 124 Å². The highest BCUT2D eigenvalue weighted by Crippen LogP contribution is 2.28. The van der Waals surface area contributed by atoms with E-state index in [1.54, 1.807) is 4.90 Å². The van der Waals surface area contributed by atoms with Gasteiger partial charge in [0.25, 0.3) is 5.88 Å². The Morgan fingerprint density at radius 1 is 0.821 bits per heavy atom. The monoisotopic (exact) mass is 561 g/mol. The molecule has 0 atom stereocenters. The first-order valence-electron chi connectivity index (χ1n) is 13.0. The van der Waals surface area contributed by atoms with Gasteiger partial charge in [-0.15, -0.1) is 4.65 Å². The average Bonchev–Trinajstić information content (AvgIpc) is 2.97. The zero-order chi connectivity index (χ0) is 27.1. The van der Waals surface area contributed by atoms with Crippen molar-refractivity contribution in [1.29, 1.82) is 0 Å². The molecule has 1 aromatic heterocycles. The first-order chi connectivity index (χ1) is 19.0. The Kier molecular flexibility index (Phi) is 8.67. The summed E-state index contributed by atoms with van der Waals surface area (Å²) in [5, 5.41) is 1.08. The summed E-state index contributed by atoms with van der Waals surface area (Å²) in [6.07, 6.45) is 2.77. The fraction of sp³-hybridized carbons (Fsp3) is 0.226. The summed E-state index contributed by atoms with van der Waals surface area (Å²) in [4.78, 5) is 26.7. The highest BCUT2D eigenvalue weighted by molar-refractivity contribution is 6.42. The van der Waals surface area contributed by atoms with E-state index in [2.05, 4.69) is 29.2 Å². The predicted molar refractivity (Wildman–Crippen MR) is 155 cm³/mol. The number of halogens is 2. The van der Waals surface area contributed by atoms with Crippen LogP contribution in [0.4, 0.5) is 5.69 Å². The molecule has 0 N–H and O–H groups in total. The Morgan fingerprint density at radius 3 is 2.10 bits per heavy atom. The van der Waals surface area contributed by atoms with Gasteiger partial charge in [0.15, 0.2) is 0 Å². The van der Waals surface area contributed by atoms with Gasteiger partial charge < -0.3 is 9.80 Å². The normalized spacial score (nSPS) is 14.6. The van der Waals surface area contributed by atoms with E-state index < -0.39 is 0 Å². The lowest BCUT2D eigenvalue weighted by atomic mass is 10.1. The summed E-state index contributed by atoms with van der Waals surface area (Å²) < 4.78 is 0.387. The Hall–Kier alpha value is -3.58. The zero-order valence-corrected chi connectivity index (χ0v) is 23.1. The summed E-state index contributed by atoms with van der Waals surface area (Å²) in [6.45, 7) is 4.71. The van der Waals surface area contributed by atoms with Crippen molar-refractivity contribution >= 4 is 35.3 Å². The first-order valence-corrected chi connectivity index (χ1v) is 13.8. The number of carbonyl (C=O) groups excluding carboxylic acids is 1. The number of carbonyl (C=O) groups is 1. The average molecular weight is 563 g/mol. The number of rotatable bonds is 10. The van der Waals surface area contributed by atoms with Crippen molar-refractivity contribution in [2.75, 3.05) is 31.1 Å². The molecule has 0 unspecified atom stereocenters. The molecule has 1 amide bonds. The molecular formula is C31H31Cl2N4O2+. The molecule has 2 heterocycles. The van der Waals surface area contributed by atoms with E-state index in [9.17, 15) is 4.79 Å². The highest BCUT2D eigenvalue weighted by Gasteiger charge is 2.37. The van der Waals surface area contributed by atoms with E-state index in [0.29, 0.717) is 66.4 Å². The van der Waals surface area contributed by atoms with Crippen LogP contribution in [0.15, 0.2) is 97.2 Å². The van der Waals surface area contributed by atoms with Gasteiger partial charge in [0.1, 0.15) is 19.6 Å². The quantitative estimate of drug-likeness (QED) is 0.166. The van der Waals surface area contributed by atoms with Gasteiger partial charge in [-0.1, -0.05) is 89.9 Å². The summed E-state index contributed by atoms with van der Waals surface area (Å²) in [7, 11) is 0. The molecule has 1 aliphatic heterocycles. The number of benzene rings is 3. The van der Waals surface area contributed by atoms with Crippen molar-refractivity contribution in [2.24, 2.45) is 0 Å². The van der Waals surface area contributed by atoms with Gasteiger partial charge in [-0.3, -0.25) is 9.63 Å². The smallest absolute Gasteiger partial charge is 0.281 e. The number of aromatic nitrogens is 1. The Balaban J connectivity index is 1.37. The van der Waals surface area contributed by atoms with Gasteiger partial charge >= 0.3 is 0 Å². The maximum absolute atomic E-state index is 11.3. The number of hydroxylamine groups is 3. The molecule has 200 valence electrons. The number of quaternary nitrogens is 1. The van der Waals surface area contributed by atoms with E-state index in [4.69, 9.17) is 33.0 Å². The van der Waals surface area contributed by atoms with Crippen LogP contribution in [-0.4, -0.2) is 47.1 Å². The Bertz CT molecular complexity index is 1360. The van der Waals surface area contributed by atoms with Crippen LogP contribution in [0.2, 0.25) is 10.0 Å². The number of nitrogens with zero attached hydrogens (tertiary/aromatic N) is 4. The molecule has 0 radical (unpaired) electrons. The molecule has 1 fully saturated rings. The van der Waals surface area contributed by atoms with Crippen molar-refractivity contribution in [2.45, 2.75) is 19.6 Å². The second-order valence-electron chi connectivity index (χ2n) is 9.83. The highest BCUT2D eigenvalue weighted by atomic mass is 35.5. The van der Waals surface area contributed by atoms with Crippen LogP contribution in [0.5, 0.6) is 5.88 Å². The molecule has 0 bridgehead atoms. The third-order valence-electron chi connectivity index (χ3n) is 7.00. The molecule has 1 aliphatic rings. The molecule has 6 nitrogen and oxygen atoms in total. The molecule has 0 saturated carbocycles. The standard InChI is InChI=1S/C31H31Cl2N4O2/c32-29-13-11-27(19-30(29)33)22-36(21-25-7-3-1-4-8-25)28-12-14-31(34-20-28)39-37(17-15-35(24-38)16-18-37)23-26-9-5-2-6-10-26/h1-14,19-20,24H,15-18,21-23H2/q+1. The number of anilines is 1. The van der Waals surface area contributed by atoms with Crippen LogP contribution in [-0.2, 0) is 24.4 Å². The second-order valence-corrected chi connectivity index (χ2v) is 10.6. The topological polar surface area (TPSA) is 45.7 Å². The van der Waals surface area contributed by atoms with Crippen LogP contribution < -0.4 is 9.74 Å². The summed E-state index contributed by atoms with van der Waals surface area (Å²) in [5.41, 5.74) is 4.40. The number of piperazine rings is 1. The molecule has 0 aliphatic carbocycles. The van der Waals surface area contributed by atoms with Crippen molar-refractivity contribution < 1.29 is 14.3 Å². The van der Waals surface area contributed by atoms with Crippen LogP contribution in [0.3, 0.4) is 0 Å². The fourth-order valence-corrected chi connectivity index (χ4v) is 5.18. The van der Waals surface area contributed by atoms with Gasteiger partial charge in [-0.2, -0.15) is 0 Å². The summed E-state index contributed by atoms with van der Waals surface area (Å²) in [5.74, 6) is 0.559. The molecule has 3 aromatic carbocycles. The van der Waals surface area contributed by atoms with Gasteiger partial charge in [0.2, 0.25) is 6.41 Å². The van der Waals surface area contributed by atoms with Gasteiger partial charge in [-0.25, -0.2) is 4.98 Å². The number of pyridine rings is 1. The van der Waals surface area contributed by atoms with Crippen LogP contribution in [0.25, 0.3) is 0 Å². The molecule has 8 heteroatoms. The van der Waals surface area contributed by atoms with Gasteiger partial charge in [0, 0.05) is 24.7 Å². The number of hydrogen-bond acceptors (Lipinski definition) is 4. The van der Waals surface area contributed by atoms with Gasteiger partial charge in [-0.05, 0) is 29.3 Å². The minimum absolute atomic E-state index is 0.387. The molecule has 0 spiro atoms. The Morgan fingerprint density at radius 2 is 1.49 bits per heavy atom. The third kappa shape index (κ3) is 7.09. The molecule has 39 heavy (non-hydrogen) atoms. The molecular weight excluding hydrogens is 531 g/mol. The lowest BCUT2D eigenvalue weighted by molar-refractivity contribution is -1.09. The third-order valence-corrected chi connectivity index (χ3v) is 7.74. The first kappa shape index (κ1) is 27.0. The molecule has 4 aromatic rings. The molecule has 5 rings (SSSR count). The van der Waals surface area contributed by atoms with Gasteiger partial charge in [0.05, 0.1) is 35.0 Å². The van der Waals surface area contributed by atoms with Crippen LogP contribution in [0, 0.1) is 0 Å². The van der Waals surface area contributed by atoms with Crippen molar-refractivity contribution in [3.63, 3.8) is 0 Å².